The molecule has 2 bridgehead atoms. The molecule has 9 atom stereocenters. The van der Waals surface area contributed by atoms with Crippen LogP contribution < -0.4 is 0 Å². The number of carbonyl (C=O) groups is 1. The summed E-state index contributed by atoms with van der Waals surface area (Å²) in [6.07, 6.45) is 11.3. The number of benzene rings is 1. The predicted molar refractivity (Wildman–Crippen MR) is 177 cm³/mol. The molecular weight excluding hydrogens is 582 g/mol. The number of fused-ring (bicyclic) bond motifs is 1. The number of nitrogens with zero attached hydrogens (tertiary/aromatic N) is 1. The number of aryl methyl sites for hydroxylation is 1. The van der Waals surface area contributed by atoms with Crippen LogP contribution in [-0.2, 0) is 6.54 Å². The van der Waals surface area contributed by atoms with Gasteiger partial charge in [0.25, 0.3) is 0 Å². The lowest BCUT2D eigenvalue weighted by Gasteiger charge is -2.71. The molecule has 3 fully saturated rings. The zero-order chi connectivity index (χ0) is 31.8. The van der Waals surface area contributed by atoms with E-state index in [4.69, 9.17) is 0 Å². The van der Waals surface area contributed by atoms with E-state index in [-0.39, 0.29) is 47.7 Å². The quantitative estimate of drug-likeness (QED) is 0.210. The molecule has 0 aliphatic heterocycles. The Labute approximate surface area is 271 Å². The summed E-state index contributed by atoms with van der Waals surface area (Å²) in [5.41, 5.74) is -0.396. The third-order valence-corrected chi connectivity index (χ3v) is 14.3. The van der Waals surface area contributed by atoms with Crippen LogP contribution in [0.15, 0.2) is 66.3 Å². The molecule has 6 nitrogen and oxygen atoms in total. The van der Waals surface area contributed by atoms with Crippen molar-refractivity contribution in [1.29, 1.82) is 0 Å². The first-order chi connectivity index (χ1) is 21.4. The van der Waals surface area contributed by atoms with Crippen LogP contribution >= 0.6 is 11.3 Å². The molecule has 2 aromatic rings. The molecule has 6 aliphatic carbocycles. The number of rotatable bonds is 9. The average Bonchev–Trinajstić information content (AvgIpc) is 3.57. The Morgan fingerprint density at radius 2 is 1.71 bits per heavy atom. The molecule has 2 spiro atoms. The zero-order valence-corrected chi connectivity index (χ0v) is 27.7. The zero-order valence-electron chi connectivity index (χ0n) is 26.9. The van der Waals surface area contributed by atoms with Crippen molar-refractivity contribution in [1.82, 2.24) is 4.90 Å². The van der Waals surface area contributed by atoms with Crippen LogP contribution in [-0.4, -0.2) is 68.6 Å². The highest BCUT2D eigenvalue weighted by molar-refractivity contribution is 7.14. The lowest BCUT2D eigenvalue weighted by atomic mass is 9.32. The summed E-state index contributed by atoms with van der Waals surface area (Å²) in [5.74, 6) is 0.439. The van der Waals surface area contributed by atoms with Gasteiger partial charge in [-0.25, -0.2) is 0 Å². The molecule has 0 amide bonds. The molecule has 1 aromatic heterocycles. The third-order valence-electron chi connectivity index (χ3n) is 13.3. The molecule has 1 unspecified atom stereocenters. The molecule has 4 N–H and O–H groups in total. The highest BCUT2D eigenvalue weighted by Gasteiger charge is 2.74. The van der Waals surface area contributed by atoms with Gasteiger partial charge in [0.15, 0.2) is 5.78 Å². The highest BCUT2D eigenvalue weighted by Crippen LogP contribution is 2.78. The third kappa shape index (κ3) is 4.56. The first kappa shape index (κ1) is 31.5. The van der Waals surface area contributed by atoms with E-state index in [0.717, 1.165) is 53.0 Å². The SMILES string of the molecule is Cc1ccc(C(=O)C2=C[C@@]34C=C[C@@]25[C@@H]2CC[C@@](O)(CN(Cc6ccccc6)C[C@H](O)CO)[C@@]2(C)CC[C@@H]5[C@@]3(C)CCC(O)C4)s1. The van der Waals surface area contributed by atoms with Gasteiger partial charge in [-0.3, -0.25) is 9.69 Å². The summed E-state index contributed by atoms with van der Waals surface area (Å²) in [6.45, 7) is 7.61. The molecule has 8 rings (SSSR count). The molecule has 242 valence electrons. The van der Waals surface area contributed by atoms with Crippen molar-refractivity contribution in [2.24, 2.45) is 33.5 Å². The van der Waals surface area contributed by atoms with E-state index < -0.39 is 22.5 Å². The summed E-state index contributed by atoms with van der Waals surface area (Å²) < 4.78 is 0. The average molecular weight is 632 g/mol. The van der Waals surface area contributed by atoms with Crippen molar-refractivity contribution in [2.75, 3.05) is 19.7 Å². The second-order valence-electron chi connectivity index (χ2n) is 15.5. The number of allylic oxidation sites excluding steroid dienone is 4. The number of hydrogen-bond acceptors (Lipinski definition) is 7. The van der Waals surface area contributed by atoms with Gasteiger partial charge in [0, 0.05) is 46.3 Å². The van der Waals surface area contributed by atoms with Gasteiger partial charge in [-0.05, 0) is 86.8 Å². The van der Waals surface area contributed by atoms with Crippen LogP contribution in [0.2, 0.25) is 0 Å². The van der Waals surface area contributed by atoms with Gasteiger partial charge in [-0.1, -0.05) is 62.4 Å². The minimum Gasteiger partial charge on any atom is -0.394 e. The number of hydrogen-bond donors (Lipinski definition) is 4. The van der Waals surface area contributed by atoms with E-state index in [1.165, 1.54) is 0 Å². The number of thiophene rings is 1. The number of aliphatic hydroxyl groups is 4. The van der Waals surface area contributed by atoms with E-state index >= 15 is 0 Å². The first-order valence-corrected chi connectivity index (χ1v) is 17.7. The summed E-state index contributed by atoms with van der Waals surface area (Å²) in [4.78, 5) is 18.6. The van der Waals surface area contributed by atoms with Gasteiger partial charge in [0.1, 0.15) is 0 Å². The van der Waals surface area contributed by atoms with Crippen molar-refractivity contribution in [3.63, 3.8) is 0 Å². The van der Waals surface area contributed by atoms with Crippen LogP contribution in [0.4, 0.5) is 0 Å². The molecule has 0 radical (unpaired) electrons. The largest absolute Gasteiger partial charge is 0.394 e. The lowest BCUT2D eigenvalue weighted by Crippen LogP contribution is -2.67. The van der Waals surface area contributed by atoms with Gasteiger partial charge in [-0.15, -0.1) is 11.3 Å². The Balaban J connectivity index is 1.30. The first-order valence-electron chi connectivity index (χ1n) is 16.9. The summed E-state index contributed by atoms with van der Waals surface area (Å²) in [5, 5.41) is 44.0. The maximum absolute atomic E-state index is 14.6. The molecule has 1 heterocycles. The second kappa shape index (κ2) is 11.0. The molecule has 45 heavy (non-hydrogen) atoms. The fourth-order valence-corrected chi connectivity index (χ4v) is 11.9. The van der Waals surface area contributed by atoms with Gasteiger partial charge < -0.3 is 20.4 Å². The summed E-state index contributed by atoms with van der Waals surface area (Å²) in [7, 11) is 0. The standard InChI is InChI=1S/C38H49NO5S/c1-25-9-10-30(45-25)33(43)29-20-36-17-18-38(29)31(34(36,2)14-11-27(41)19-36)12-15-35(3)32(38)13-16-37(35,44)24-39(22-28(42)23-40)21-26-7-5-4-6-8-26/h4-10,17-18,20,27-28,31-32,40-42,44H,11-16,19,21-24H2,1-3H3/t27?,28-,31+,32+,34+,35-,36-,37+,38+/m0/s1. The highest BCUT2D eigenvalue weighted by atomic mass is 32.1. The van der Waals surface area contributed by atoms with Gasteiger partial charge >= 0.3 is 0 Å². The van der Waals surface area contributed by atoms with E-state index in [0.29, 0.717) is 25.9 Å². The molecule has 1 aromatic carbocycles. The van der Waals surface area contributed by atoms with Crippen molar-refractivity contribution >= 4 is 17.1 Å². The van der Waals surface area contributed by atoms with Gasteiger partial charge in [0.05, 0.1) is 29.3 Å². The smallest absolute Gasteiger partial charge is 0.199 e. The molecule has 0 saturated heterocycles. The topological polar surface area (TPSA) is 101 Å². The van der Waals surface area contributed by atoms with Crippen LogP contribution in [0.5, 0.6) is 0 Å². The molecular formula is C38H49NO5S. The number of Topliss-reactive ketones (excluding diaryl/α,β-unsaturated/α-hetero) is 1. The van der Waals surface area contributed by atoms with Crippen molar-refractivity contribution in [2.45, 2.75) is 90.1 Å². The van der Waals surface area contributed by atoms with Crippen LogP contribution in [0.25, 0.3) is 0 Å². The van der Waals surface area contributed by atoms with Gasteiger partial charge in [-0.2, -0.15) is 0 Å². The normalized spacial score (nSPS) is 40.5. The molecule has 3 saturated carbocycles. The Bertz CT molecular complexity index is 1520. The maximum Gasteiger partial charge on any atom is 0.199 e. The Morgan fingerprint density at radius 1 is 1.00 bits per heavy atom. The molecule has 6 aliphatic rings. The molecule has 7 heteroatoms. The van der Waals surface area contributed by atoms with E-state index in [1.807, 2.05) is 37.3 Å². The fourth-order valence-electron chi connectivity index (χ4n) is 11.0. The Kier molecular flexibility index (Phi) is 7.67. The fraction of sp³-hybridized carbons (Fsp3) is 0.605. The summed E-state index contributed by atoms with van der Waals surface area (Å²) in [6, 6.07) is 14.1. The minimum absolute atomic E-state index is 0.0667. The van der Waals surface area contributed by atoms with Crippen LogP contribution in [0, 0.1) is 40.4 Å². The van der Waals surface area contributed by atoms with Crippen molar-refractivity contribution in [3.05, 3.63) is 81.6 Å². The van der Waals surface area contributed by atoms with Crippen LogP contribution in [0.3, 0.4) is 0 Å². The van der Waals surface area contributed by atoms with Crippen molar-refractivity contribution in [3.8, 4) is 0 Å². The maximum atomic E-state index is 14.6. The van der Waals surface area contributed by atoms with E-state index in [1.54, 1.807) is 11.3 Å². The number of aliphatic hydroxyl groups excluding tert-OH is 3. The number of carbonyl (C=O) groups excluding carboxylic acids is 1. The van der Waals surface area contributed by atoms with E-state index in [2.05, 4.69) is 49.1 Å². The minimum atomic E-state index is -1.03. The van der Waals surface area contributed by atoms with E-state index in [9.17, 15) is 25.2 Å². The van der Waals surface area contributed by atoms with Gasteiger partial charge in [0.2, 0.25) is 0 Å². The number of ketones is 1. The van der Waals surface area contributed by atoms with Crippen LogP contribution in [0.1, 0.15) is 78.9 Å². The summed E-state index contributed by atoms with van der Waals surface area (Å²) >= 11 is 1.56. The second-order valence-corrected chi connectivity index (χ2v) is 16.8. The Hall–Kier alpha value is -2.13. The van der Waals surface area contributed by atoms with Crippen molar-refractivity contribution < 1.29 is 25.2 Å². The predicted octanol–water partition coefficient (Wildman–Crippen LogP) is 5.69. The monoisotopic (exact) mass is 631 g/mol. The Morgan fingerprint density at radius 3 is 2.42 bits per heavy atom. The lowest BCUT2D eigenvalue weighted by molar-refractivity contribution is -0.177.